The summed E-state index contributed by atoms with van der Waals surface area (Å²) in [6, 6.07) is 9.38. The van der Waals surface area contributed by atoms with Gasteiger partial charge in [-0.3, -0.25) is 4.79 Å². The van der Waals surface area contributed by atoms with Crippen molar-refractivity contribution >= 4 is 10.8 Å². The highest BCUT2D eigenvalue weighted by molar-refractivity contribution is 5.81. The maximum absolute atomic E-state index is 12.1. The van der Waals surface area contributed by atoms with Crippen molar-refractivity contribution in [3.63, 3.8) is 0 Å². The van der Waals surface area contributed by atoms with Crippen molar-refractivity contribution in [2.24, 2.45) is 0 Å². The summed E-state index contributed by atoms with van der Waals surface area (Å²) in [5.41, 5.74) is -0.0698. The third-order valence-electron chi connectivity index (χ3n) is 3.14. The van der Waals surface area contributed by atoms with E-state index in [0.717, 1.165) is 10.8 Å². The number of hydrogen-bond donors (Lipinski definition) is 0. The van der Waals surface area contributed by atoms with Gasteiger partial charge in [0.05, 0.1) is 6.54 Å². The first-order valence-corrected chi connectivity index (χ1v) is 6.55. The quantitative estimate of drug-likeness (QED) is 0.733. The molecule has 5 nitrogen and oxygen atoms in total. The molecule has 5 heteroatoms. The van der Waals surface area contributed by atoms with Crippen LogP contribution in [0.15, 0.2) is 45.8 Å². The fraction of sp³-hybridized carbons (Fsp3) is 0.267. The largest absolute Gasteiger partial charge is 0.339 e. The third-order valence-corrected chi connectivity index (χ3v) is 3.14. The zero-order valence-corrected chi connectivity index (χ0v) is 11.4. The Morgan fingerprint density at radius 3 is 2.70 bits per heavy atom. The summed E-state index contributed by atoms with van der Waals surface area (Å²) < 4.78 is 6.74. The van der Waals surface area contributed by atoms with Crippen LogP contribution in [0, 0.1) is 0 Å². The van der Waals surface area contributed by atoms with Gasteiger partial charge in [-0.1, -0.05) is 43.3 Å². The molecule has 1 aromatic carbocycles. The minimum absolute atomic E-state index is 0.0698. The highest BCUT2D eigenvalue weighted by Gasteiger charge is 2.10. The summed E-state index contributed by atoms with van der Waals surface area (Å²) in [7, 11) is 0. The normalized spacial score (nSPS) is 11.3. The minimum Gasteiger partial charge on any atom is -0.339 e. The van der Waals surface area contributed by atoms with Gasteiger partial charge in [-0.2, -0.15) is 4.98 Å². The van der Waals surface area contributed by atoms with Crippen LogP contribution < -0.4 is 5.56 Å². The number of fused-ring (bicyclic) bond motifs is 1. The Morgan fingerprint density at radius 2 is 2.00 bits per heavy atom. The number of nitrogens with zero attached hydrogens (tertiary/aromatic N) is 3. The topological polar surface area (TPSA) is 60.9 Å². The maximum atomic E-state index is 12.1. The molecule has 0 atom stereocenters. The lowest BCUT2D eigenvalue weighted by atomic mass is 10.2. The third kappa shape index (κ3) is 2.34. The van der Waals surface area contributed by atoms with Crippen LogP contribution in [0.1, 0.15) is 31.5 Å². The molecule has 0 unspecified atom stereocenters. The van der Waals surface area contributed by atoms with E-state index in [9.17, 15) is 4.79 Å². The van der Waals surface area contributed by atoms with E-state index < -0.39 is 0 Å². The zero-order chi connectivity index (χ0) is 14.1. The molecule has 0 saturated carbocycles. The van der Waals surface area contributed by atoms with Crippen molar-refractivity contribution in [1.29, 1.82) is 0 Å². The Kier molecular flexibility index (Phi) is 3.10. The first-order valence-electron chi connectivity index (χ1n) is 6.55. The molecule has 2 aromatic heterocycles. The molecule has 0 aliphatic rings. The summed E-state index contributed by atoms with van der Waals surface area (Å²) >= 11 is 0. The van der Waals surface area contributed by atoms with E-state index in [4.69, 9.17) is 4.52 Å². The summed E-state index contributed by atoms with van der Waals surface area (Å²) in [6.07, 6.45) is 1.82. The van der Waals surface area contributed by atoms with E-state index in [2.05, 4.69) is 10.1 Å². The zero-order valence-electron chi connectivity index (χ0n) is 11.4. The first kappa shape index (κ1) is 12.6. The van der Waals surface area contributed by atoms with E-state index in [-0.39, 0.29) is 11.5 Å². The average Bonchev–Trinajstić information content (AvgIpc) is 2.88. The molecule has 0 radical (unpaired) electrons. The van der Waals surface area contributed by atoms with E-state index >= 15 is 0 Å². The van der Waals surface area contributed by atoms with Gasteiger partial charge < -0.3 is 9.09 Å². The number of benzene rings is 1. The van der Waals surface area contributed by atoms with E-state index in [0.29, 0.717) is 18.3 Å². The first-order chi connectivity index (χ1) is 9.63. The second-order valence-corrected chi connectivity index (χ2v) is 5.07. The molecular formula is C15H15N3O2. The van der Waals surface area contributed by atoms with Crippen molar-refractivity contribution in [3.05, 3.63) is 58.6 Å². The Hall–Kier alpha value is -2.43. The van der Waals surface area contributed by atoms with Gasteiger partial charge in [-0.15, -0.1) is 0 Å². The predicted molar refractivity (Wildman–Crippen MR) is 75.7 cm³/mol. The number of aromatic nitrogens is 3. The van der Waals surface area contributed by atoms with Crippen molar-refractivity contribution < 1.29 is 4.52 Å². The van der Waals surface area contributed by atoms with Crippen molar-refractivity contribution in [3.8, 4) is 0 Å². The summed E-state index contributed by atoms with van der Waals surface area (Å²) in [6.45, 7) is 4.29. The molecule has 0 fully saturated rings. The molecule has 0 amide bonds. The van der Waals surface area contributed by atoms with Gasteiger partial charge in [0.2, 0.25) is 5.89 Å². The van der Waals surface area contributed by atoms with Crippen LogP contribution in [0.25, 0.3) is 10.8 Å². The summed E-state index contributed by atoms with van der Waals surface area (Å²) in [5, 5.41) is 5.86. The number of rotatable bonds is 3. The van der Waals surface area contributed by atoms with Gasteiger partial charge in [0.25, 0.3) is 5.56 Å². The Labute approximate surface area is 115 Å². The van der Waals surface area contributed by atoms with Crippen LogP contribution in [-0.4, -0.2) is 14.7 Å². The van der Waals surface area contributed by atoms with Crippen molar-refractivity contribution in [2.45, 2.75) is 26.3 Å². The predicted octanol–water partition coefficient (Wildman–Crippen LogP) is 2.56. The Bertz CT molecular complexity index is 802. The van der Waals surface area contributed by atoms with Gasteiger partial charge in [0.1, 0.15) is 0 Å². The molecule has 3 rings (SSSR count). The molecule has 0 N–H and O–H groups in total. The molecule has 0 aliphatic carbocycles. The molecular weight excluding hydrogens is 254 g/mol. The molecule has 102 valence electrons. The molecule has 2 heterocycles. The van der Waals surface area contributed by atoms with Crippen LogP contribution in [0.4, 0.5) is 0 Å². The smallest absolute Gasteiger partial charge is 0.251 e. The molecule has 0 saturated heterocycles. The van der Waals surface area contributed by atoms with E-state index in [1.807, 2.05) is 44.3 Å². The second kappa shape index (κ2) is 4.92. The van der Waals surface area contributed by atoms with Crippen LogP contribution >= 0.6 is 0 Å². The maximum Gasteiger partial charge on any atom is 0.251 e. The highest BCUT2D eigenvalue weighted by atomic mass is 16.5. The molecule has 20 heavy (non-hydrogen) atoms. The number of hydrogen-bond acceptors (Lipinski definition) is 4. The van der Waals surface area contributed by atoms with Crippen LogP contribution in [0.2, 0.25) is 0 Å². The fourth-order valence-electron chi connectivity index (χ4n) is 2.05. The van der Waals surface area contributed by atoms with Crippen molar-refractivity contribution in [1.82, 2.24) is 14.7 Å². The summed E-state index contributed by atoms with van der Waals surface area (Å²) in [4.78, 5) is 16.3. The van der Waals surface area contributed by atoms with Crippen LogP contribution in [0.5, 0.6) is 0 Å². The van der Waals surface area contributed by atoms with Crippen LogP contribution in [0.3, 0.4) is 0 Å². The molecule has 0 aliphatic heterocycles. The van der Waals surface area contributed by atoms with Gasteiger partial charge in [-0.05, 0) is 10.8 Å². The van der Waals surface area contributed by atoms with Crippen LogP contribution in [-0.2, 0) is 6.54 Å². The Morgan fingerprint density at radius 1 is 1.25 bits per heavy atom. The minimum atomic E-state index is -0.0698. The summed E-state index contributed by atoms with van der Waals surface area (Å²) in [5.74, 6) is 1.30. The standard InChI is InChI=1S/C15H15N3O2/c1-10(2)15-16-13(17-20-15)9-18-8-12-6-4-3-5-11(12)7-14(18)19/h3-8,10H,9H2,1-2H3. The Balaban J connectivity index is 1.97. The molecule has 0 bridgehead atoms. The highest BCUT2D eigenvalue weighted by Crippen LogP contribution is 2.13. The van der Waals surface area contributed by atoms with Gasteiger partial charge in [0.15, 0.2) is 5.82 Å². The molecule has 0 spiro atoms. The SMILES string of the molecule is CC(C)c1nc(Cn2cc3ccccc3cc2=O)no1. The van der Waals surface area contributed by atoms with E-state index in [1.165, 1.54) is 0 Å². The lowest BCUT2D eigenvalue weighted by molar-refractivity contribution is 0.359. The van der Waals surface area contributed by atoms with E-state index in [1.54, 1.807) is 10.6 Å². The average molecular weight is 269 g/mol. The molecule has 3 aromatic rings. The monoisotopic (exact) mass is 269 g/mol. The fourth-order valence-corrected chi connectivity index (χ4v) is 2.05. The number of pyridine rings is 1. The van der Waals surface area contributed by atoms with Gasteiger partial charge in [-0.25, -0.2) is 0 Å². The van der Waals surface area contributed by atoms with Crippen molar-refractivity contribution in [2.75, 3.05) is 0 Å². The lowest BCUT2D eigenvalue weighted by Gasteiger charge is -2.04. The van der Waals surface area contributed by atoms with Gasteiger partial charge >= 0.3 is 0 Å². The lowest BCUT2D eigenvalue weighted by Crippen LogP contribution is -2.19. The van der Waals surface area contributed by atoms with Gasteiger partial charge in [0, 0.05) is 18.2 Å². The second-order valence-electron chi connectivity index (χ2n) is 5.07.